The number of nitro benzene ring substituents is 1. The summed E-state index contributed by atoms with van der Waals surface area (Å²) >= 11 is 0. The zero-order valence-corrected chi connectivity index (χ0v) is 15.2. The molecule has 0 unspecified atom stereocenters. The van der Waals surface area contributed by atoms with Crippen LogP contribution in [0.1, 0.15) is 5.56 Å². The standard InChI is InChI=1S/C17H19N3O6S/c21-12-13-2-1-3-14(10-13)18-16-5-4-15(20(22)23)11-17(16)27(24,25)19-6-8-26-9-7-19/h1-5,10-11,18,21H,6-9,12H2. The van der Waals surface area contributed by atoms with Crippen LogP contribution in [0.4, 0.5) is 17.1 Å². The molecule has 0 atom stereocenters. The van der Waals surface area contributed by atoms with Crippen LogP contribution in [0.25, 0.3) is 0 Å². The average molecular weight is 393 g/mol. The summed E-state index contributed by atoms with van der Waals surface area (Å²) in [5.74, 6) is 0. The number of non-ortho nitro benzene ring substituents is 1. The first-order valence-electron chi connectivity index (χ1n) is 8.25. The zero-order chi connectivity index (χ0) is 19.4. The minimum Gasteiger partial charge on any atom is -0.392 e. The molecule has 0 bridgehead atoms. The van der Waals surface area contributed by atoms with Crippen LogP contribution in [0.15, 0.2) is 47.4 Å². The highest BCUT2D eigenvalue weighted by Gasteiger charge is 2.30. The summed E-state index contributed by atoms with van der Waals surface area (Å²) in [7, 11) is -3.95. The molecule has 2 N–H and O–H groups in total. The van der Waals surface area contributed by atoms with Crippen molar-refractivity contribution >= 4 is 27.1 Å². The van der Waals surface area contributed by atoms with Crippen LogP contribution in [0.3, 0.4) is 0 Å². The highest BCUT2D eigenvalue weighted by atomic mass is 32.2. The van der Waals surface area contributed by atoms with Crippen molar-refractivity contribution in [3.05, 3.63) is 58.1 Å². The zero-order valence-electron chi connectivity index (χ0n) is 14.4. The van der Waals surface area contributed by atoms with Gasteiger partial charge in [0.1, 0.15) is 4.90 Å². The van der Waals surface area contributed by atoms with Gasteiger partial charge in [0.2, 0.25) is 10.0 Å². The van der Waals surface area contributed by atoms with E-state index in [1.807, 2.05) is 0 Å². The summed E-state index contributed by atoms with van der Waals surface area (Å²) < 4.78 is 32.6. The van der Waals surface area contributed by atoms with Crippen LogP contribution in [0.5, 0.6) is 0 Å². The molecule has 2 aromatic rings. The number of aliphatic hydroxyl groups excluding tert-OH is 1. The van der Waals surface area contributed by atoms with Gasteiger partial charge in [-0.3, -0.25) is 10.1 Å². The lowest BCUT2D eigenvalue weighted by Crippen LogP contribution is -2.40. The number of hydrogen-bond donors (Lipinski definition) is 2. The van der Waals surface area contributed by atoms with Gasteiger partial charge in [-0.25, -0.2) is 8.42 Å². The van der Waals surface area contributed by atoms with Crippen LogP contribution in [0.2, 0.25) is 0 Å². The fourth-order valence-corrected chi connectivity index (χ4v) is 4.34. The molecule has 3 rings (SSSR count). The van der Waals surface area contributed by atoms with E-state index < -0.39 is 14.9 Å². The molecule has 10 heteroatoms. The Hall–Kier alpha value is -2.53. The van der Waals surface area contributed by atoms with Gasteiger partial charge < -0.3 is 15.2 Å². The topological polar surface area (TPSA) is 122 Å². The van der Waals surface area contributed by atoms with Gasteiger partial charge in [0.15, 0.2) is 0 Å². The van der Waals surface area contributed by atoms with Crippen LogP contribution in [0, 0.1) is 10.1 Å². The van der Waals surface area contributed by atoms with Crippen molar-refractivity contribution in [2.75, 3.05) is 31.6 Å². The Kier molecular flexibility index (Phi) is 5.71. The van der Waals surface area contributed by atoms with E-state index in [0.29, 0.717) is 11.3 Å². The lowest BCUT2D eigenvalue weighted by molar-refractivity contribution is -0.385. The molecule has 9 nitrogen and oxygen atoms in total. The first-order chi connectivity index (χ1) is 12.9. The molecule has 0 saturated carbocycles. The maximum atomic E-state index is 13.1. The van der Waals surface area contributed by atoms with Gasteiger partial charge in [-0.1, -0.05) is 12.1 Å². The minimum absolute atomic E-state index is 0.158. The number of ether oxygens (including phenoxy) is 1. The third kappa shape index (κ3) is 4.25. The van der Waals surface area contributed by atoms with Crippen LogP contribution < -0.4 is 5.32 Å². The number of hydrogen-bond acceptors (Lipinski definition) is 7. The molecule has 1 heterocycles. The Morgan fingerprint density at radius 1 is 1.19 bits per heavy atom. The molecule has 144 valence electrons. The second kappa shape index (κ2) is 8.01. The highest BCUT2D eigenvalue weighted by molar-refractivity contribution is 7.89. The van der Waals surface area contributed by atoms with E-state index in [9.17, 15) is 23.6 Å². The summed E-state index contributed by atoms with van der Waals surface area (Å²) in [5, 5.41) is 23.4. The summed E-state index contributed by atoms with van der Waals surface area (Å²) in [6.07, 6.45) is 0. The third-order valence-corrected chi connectivity index (χ3v) is 6.09. The van der Waals surface area contributed by atoms with E-state index in [2.05, 4.69) is 5.32 Å². The Balaban J connectivity index is 2.04. The second-order valence-electron chi connectivity index (χ2n) is 5.94. The van der Waals surface area contributed by atoms with Crippen molar-refractivity contribution in [2.24, 2.45) is 0 Å². The monoisotopic (exact) mass is 393 g/mol. The normalized spacial score (nSPS) is 15.4. The van der Waals surface area contributed by atoms with Gasteiger partial charge in [-0.05, 0) is 23.8 Å². The summed E-state index contributed by atoms with van der Waals surface area (Å²) in [6.45, 7) is 0.759. The number of nitro groups is 1. The minimum atomic E-state index is -3.95. The third-order valence-electron chi connectivity index (χ3n) is 4.15. The Bertz CT molecular complexity index is 941. The molecule has 0 spiro atoms. The maximum Gasteiger partial charge on any atom is 0.270 e. The first kappa shape index (κ1) is 19.2. The Morgan fingerprint density at radius 3 is 2.59 bits per heavy atom. The fraction of sp³-hybridized carbons (Fsp3) is 0.294. The van der Waals surface area contributed by atoms with Gasteiger partial charge in [0.05, 0.1) is 30.4 Å². The number of benzene rings is 2. The van der Waals surface area contributed by atoms with Gasteiger partial charge >= 0.3 is 0 Å². The highest BCUT2D eigenvalue weighted by Crippen LogP contribution is 2.31. The number of nitrogens with zero attached hydrogens (tertiary/aromatic N) is 2. The van der Waals surface area contributed by atoms with E-state index in [0.717, 1.165) is 6.07 Å². The molecular formula is C17H19N3O6S. The van der Waals surface area contributed by atoms with E-state index in [4.69, 9.17) is 4.74 Å². The van der Waals surface area contributed by atoms with Crippen molar-refractivity contribution in [2.45, 2.75) is 11.5 Å². The average Bonchev–Trinajstić information content (AvgIpc) is 2.69. The lowest BCUT2D eigenvalue weighted by atomic mass is 10.2. The van der Waals surface area contributed by atoms with Crippen LogP contribution >= 0.6 is 0 Å². The number of aliphatic hydroxyl groups is 1. The molecule has 1 fully saturated rings. The molecule has 0 aliphatic carbocycles. The molecule has 0 amide bonds. The summed E-state index contributed by atoms with van der Waals surface area (Å²) in [5.41, 5.74) is 1.13. The Morgan fingerprint density at radius 2 is 1.93 bits per heavy atom. The SMILES string of the molecule is O=[N+]([O-])c1ccc(Nc2cccc(CO)c2)c(S(=O)(=O)N2CCOCC2)c1. The quantitative estimate of drug-likeness (QED) is 0.567. The van der Waals surface area contributed by atoms with E-state index in [1.165, 1.54) is 16.4 Å². The van der Waals surface area contributed by atoms with Gasteiger partial charge in [-0.2, -0.15) is 4.31 Å². The van der Waals surface area contributed by atoms with Crippen LogP contribution in [-0.4, -0.2) is 49.1 Å². The molecule has 1 aliphatic rings. The first-order valence-corrected chi connectivity index (χ1v) is 9.69. The fourth-order valence-electron chi connectivity index (χ4n) is 2.77. The predicted molar refractivity (Wildman–Crippen MR) is 98.3 cm³/mol. The van der Waals surface area contributed by atoms with Gasteiger partial charge in [0.25, 0.3) is 5.69 Å². The van der Waals surface area contributed by atoms with E-state index in [-0.39, 0.29) is 49.2 Å². The molecule has 1 saturated heterocycles. The van der Waals surface area contributed by atoms with Gasteiger partial charge in [0, 0.05) is 30.9 Å². The van der Waals surface area contributed by atoms with Crippen molar-refractivity contribution in [3.8, 4) is 0 Å². The van der Waals surface area contributed by atoms with Crippen molar-refractivity contribution in [1.29, 1.82) is 0 Å². The molecular weight excluding hydrogens is 374 g/mol. The van der Waals surface area contributed by atoms with E-state index >= 15 is 0 Å². The molecule has 0 radical (unpaired) electrons. The Labute approximate surface area is 156 Å². The van der Waals surface area contributed by atoms with Crippen molar-refractivity contribution in [1.82, 2.24) is 4.31 Å². The number of nitrogens with one attached hydrogen (secondary N) is 1. The summed E-state index contributed by atoms with van der Waals surface area (Å²) in [4.78, 5) is 10.3. The van der Waals surface area contributed by atoms with Crippen LogP contribution in [-0.2, 0) is 21.4 Å². The van der Waals surface area contributed by atoms with Crippen molar-refractivity contribution < 1.29 is 23.2 Å². The predicted octanol–water partition coefficient (Wildman–Crippen LogP) is 1.85. The molecule has 2 aromatic carbocycles. The number of sulfonamides is 1. The van der Waals surface area contributed by atoms with E-state index in [1.54, 1.807) is 24.3 Å². The lowest BCUT2D eigenvalue weighted by Gasteiger charge is -2.27. The molecule has 0 aromatic heterocycles. The number of rotatable bonds is 6. The number of morpholine rings is 1. The van der Waals surface area contributed by atoms with Crippen molar-refractivity contribution in [3.63, 3.8) is 0 Å². The van der Waals surface area contributed by atoms with Gasteiger partial charge in [-0.15, -0.1) is 0 Å². The summed E-state index contributed by atoms with van der Waals surface area (Å²) in [6, 6.07) is 10.5. The molecule has 27 heavy (non-hydrogen) atoms. The maximum absolute atomic E-state index is 13.1. The molecule has 1 aliphatic heterocycles. The largest absolute Gasteiger partial charge is 0.392 e. The smallest absolute Gasteiger partial charge is 0.270 e. The second-order valence-corrected chi connectivity index (χ2v) is 7.84. The number of anilines is 2.